The molecule has 0 unspecified atom stereocenters. The van der Waals surface area contributed by atoms with Gasteiger partial charge in [0, 0.05) is 12.0 Å². The number of carbonyl (C=O) groups is 1. The lowest BCUT2D eigenvalue weighted by atomic mass is 10.0. The van der Waals surface area contributed by atoms with Crippen LogP contribution in [-0.4, -0.2) is 12.9 Å². The number of rotatable bonds is 4. The Bertz CT molecular complexity index is 605. The van der Waals surface area contributed by atoms with E-state index < -0.39 is 5.82 Å². The number of para-hydroxylation sites is 1. The number of methoxy groups -OCH3 is 1. The van der Waals surface area contributed by atoms with Crippen LogP contribution in [0.5, 0.6) is 5.75 Å². The number of ketones is 1. The Morgan fingerprint density at radius 1 is 1.21 bits per heavy atom. The van der Waals surface area contributed by atoms with Gasteiger partial charge in [0.2, 0.25) is 0 Å². The van der Waals surface area contributed by atoms with Crippen molar-refractivity contribution in [3.8, 4) is 5.75 Å². The summed E-state index contributed by atoms with van der Waals surface area (Å²) < 4.78 is 18.9. The van der Waals surface area contributed by atoms with E-state index in [-0.39, 0.29) is 17.8 Å². The molecule has 3 heteroatoms. The molecule has 0 radical (unpaired) electrons. The third-order valence-electron chi connectivity index (χ3n) is 2.97. The van der Waals surface area contributed by atoms with Crippen LogP contribution in [0.15, 0.2) is 42.5 Å². The Balaban J connectivity index is 2.26. The van der Waals surface area contributed by atoms with Crippen molar-refractivity contribution in [2.45, 2.75) is 13.3 Å². The molecule has 98 valence electrons. The Labute approximate surface area is 111 Å². The Morgan fingerprint density at radius 3 is 2.63 bits per heavy atom. The van der Waals surface area contributed by atoms with Gasteiger partial charge < -0.3 is 4.74 Å². The summed E-state index contributed by atoms with van der Waals surface area (Å²) in [6, 6.07) is 11.9. The molecular formula is C16H15FO2. The van der Waals surface area contributed by atoms with Gasteiger partial charge in [-0.25, -0.2) is 4.39 Å². The number of carbonyl (C=O) groups excluding carboxylic acids is 1. The van der Waals surface area contributed by atoms with Gasteiger partial charge in [0.25, 0.3) is 0 Å². The number of halogens is 1. The molecule has 2 rings (SSSR count). The summed E-state index contributed by atoms with van der Waals surface area (Å²) >= 11 is 0. The summed E-state index contributed by atoms with van der Waals surface area (Å²) in [4.78, 5) is 12.1. The number of hydrogen-bond acceptors (Lipinski definition) is 2. The van der Waals surface area contributed by atoms with Crippen molar-refractivity contribution in [3.63, 3.8) is 0 Å². The van der Waals surface area contributed by atoms with Gasteiger partial charge in [-0.05, 0) is 30.7 Å². The minimum absolute atomic E-state index is 0.122. The van der Waals surface area contributed by atoms with Crippen LogP contribution in [0.2, 0.25) is 0 Å². The molecule has 0 aliphatic heterocycles. The fourth-order valence-electron chi connectivity index (χ4n) is 1.96. The van der Waals surface area contributed by atoms with Gasteiger partial charge in [-0.1, -0.05) is 24.3 Å². The lowest BCUT2D eigenvalue weighted by Gasteiger charge is -2.08. The highest BCUT2D eigenvalue weighted by molar-refractivity contribution is 5.98. The quantitative estimate of drug-likeness (QED) is 0.784. The fraction of sp³-hybridized carbons (Fsp3) is 0.188. The van der Waals surface area contributed by atoms with Gasteiger partial charge in [0.1, 0.15) is 11.6 Å². The van der Waals surface area contributed by atoms with E-state index in [4.69, 9.17) is 4.74 Å². The molecule has 19 heavy (non-hydrogen) atoms. The van der Waals surface area contributed by atoms with Crippen LogP contribution in [0.1, 0.15) is 21.5 Å². The summed E-state index contributed by atoms with van der Waals surface area (Å²) in [6.07, 6.45) is 0.129. The summed E-state index contributed by atoms with van der Waals surface area (Å²) in [5.74, 6) is -0.0785. The topological polar surface area (TPSA) is 26.3 Å². The lowest BCUT2D eigenvalue weighted by Crippen LogP contribution is -2.07. The smallest absolute Gasteiger partial charge is 0.170 e. The molecule has 0 spiro atoms. The van der Waals surface area contributed by atoms with Crippen LogP contribution in [0.4, 0.5) is 4.39 Å². The van der Waals surface area contributed by atoms with Crippen molar-refractivity contribution < 1.29 is 13.9 Å². The first-order valence-corrected chi connectivity index (χ1v) is 6.03. The predicted molar refractivity (Wildman–Crippen MR) is 72.2 cm³/mol. The SMILES string of the molecule is COc1ccccc1CC(=O)c1ccc(C)cc1F. The van der Waals surface area contributed by atoms with Crippen LogP contribution >= 0.6 is 0 Å². The molecule has 0 aliphatic carbocycles. The standard InChI is InChI=1S/C16H15FO2/c1-11-7-8-13(14(17)9-11)15(18)10-12-5-3-4-6-16(12)19-2/h3-9H,10H2,1-2H3. The largest absolute Gasteiger partial charge is 0.496 e. The predicted octanol–water partition coefficient (Wildman–Crippen LogP) is 3.57. The zero-order valence-corrected chi connectivity index (χ0v) is 10.9. The first-order valence-electron chi connectivity index (χ1n) is 6.03. The van der Waals surface area contributed by atoms with Crippen molar-refractivity contribution in [1.82, 2.24) is 0 Å². The van der Waals surface area contributed by atoms with E-state index in [1.54, 1.807) is 26.2 Å². The lowest BCUT2D eigenvalue weighted by molar-refractivity contribution is 0.0988. The van der Waals surface area contributed by atoms with E-state index in [1.165, 1.54) is 12.1 Å². The average molecular weight is 258 g/mol. The number of benzene rings is 2. The molecule has 0 bridgehead atoms. The van der Waals surface area contributed by atoms with Crippen LogP contribution < -0.4 is 4.74 Å². The highest BCUT2D eigenvalue weighted by Crippen LogP contribution is 2.20. The third kappa shape index (κ3) is 2.99. The maximum absolute atomic E-state index is 13.7. The maximum Gasteiger partial charge on any atom is 0.170 e. The molecular weight excluding hydrogens is 243 g/mol. The van der Waals surface area contributed by atoms with E-state index in [9.17, 15) is 9.18 Å². The molecule has 2 aromatic rings. The fourth-order valence-corrected chi connectivity index (χ4v) is 1.96. The highest BCUT2D eigenvalue weighted by atomic mass is 19.1. The summed E-state index contributed by atoms with van der Waals surface area (Å²) in [5.41, 5.74) is 1.68. The van der Waals surface area contributed by atoms with E-state index in [1.807, 2.05) is 18.2 Å². The van der Waals surface area contributed by atoms with Gasteiger partial charge in [-0.3, -0.25) is 4.79 Å². The van der Waals surface area contributed by atoms with E-state index >= 15 is 0 Å². The summed E-state index contributed by atoms with van der Waals surface area (Å²) in [5, 5.41) is 0. The molecule has 0 saturated heterocycles. The normalized spacial score (nSPS) is 10.3. The first kappa shape index (κ1) is 13.3. The van der Waals surface area contributed by atoms with Gasteiger partial charge in [0.05, 0.1) is 12.7 Å². The molecule has 0 fully saturated rings. The molecule has 0 aliphatic rings. The Kier molecular flexibility index (Phi) is 3.95. The van der Waals surface area contributed by atoms with Crippen LogP contribution in [0.3, 0.4) is 0 Å². The number of hydrogen-bond donors (Lipinski definition) is 0. The van der Waals surface area contributed by atoms with Crippen LogP contribution in [0.25, 0.3) is 0 Å². The summed E-state index contributed by atoms with van der Waals surface area (Å²) in [7, 11) is 1.55. The monoisotopic (exact) mass is 258 g/mol. The Hall–Kier alpha value is -2.16. The van der Waals surface area contributed by atoms with Gasteiger partial charge >= 0.3 is 0 Å². The second-order valence-corrected chi connectivity index (χ2v) is 4.40. The molecule has 0 N–H and O–H groups in total. The molecule has 0 atom stereocenters. The third-order valence-corrected chi connectivity index (χ3v) is 2.97. The molecule has 0 heterocycles. The first-order chi connectivity index (χ1) is 9.11. The van der Waals surface area contributed by atoms with Crippen molar-refractivity contribution in [3.05, 3.63) is 65.0 Å². The Morgan fingerprint density at radius 2 is 1.95 bits per heavy atom. The number of Topliss-reactive ketones (excluding diaryl/α,β-unsaturated/α-hetero) is 1. The minimum atomic E-state index is -0.472. The zero-order chi connectivity index (χ0) is 13.8. The zero-order valence-electron chi connectivity index (χ0n) is 10.9. The van der Waals surface area contributed by atoms with E-state index in [0.717, 1.165) is 11.1 Å². The number of aryl methyl sites for hydroxylation is 1. The van der Waals surface area contributed by atoms with Crippen molar-refractivity contribution in [1.29, 1.82) is 0 Å². The molecule has 0 saturated carbocycles. The van der Waals surface area contributed by atoms with Crippen LogP contribution in [-0.2, 0) is 6.42 Å². The minimum Gasteiger partial charge on any atom is -0.496 e. The van der Waals surface area contributed by atoms with Crippen LogP contribution in [0, 0.1) is 12.7 Å². The van der Waals surface area contributed by atoms with E-state index in [0.29, 0.717) is 5.75 Å². The highest BCUT2D eigenvalue weighted by Gasteiger charge is 2.14. The summed E-state index contributed by atoms with van der Waals surface area (Å²) in [6.45, 7) is 1.79. The van der Waals surface area contributed by atoms with Gasteiger partial charge in [-0.2, -0.15) is 0 Å². The molecule has 2 aromatic carbocycles. The van der Waals surface area contributed by atoms with Crippen molar-refractivity contribution in [2.75, 3.05) is 7.11 Å². The van der Waals surface area contributed by atoms with Gasteiger partial charge in [-0.15, -0.1) is 0 Å². The molecule has 2 nitrogen and oxygen atoms in total. The van der Waals surface area contributed by atoms with Crippen molar-refractivity contribution >= 4 is 5.78 Å². The van der Waals surface area contributed by atoms with E-state index in [2.05, 4.69) is 0 Å². The second-order valence-electron chi connectivity index (χ2n) is 4.40. The molecule has 0 amide bonds. The maximum atomic E-state index is 13.7. The number of ether oxygens (including phenoxy) is 1. The molecule has 0 aromatic heterocycles. The second kappa shape index (κ2) is 5.65. The average Bonchev–Trinajstić information content (AvgIpc) is 2.39. The van der Waals surface area contributed by atoms with Crippen molar-refractivity contribution in [2.24, 2.45) is 0 Å². The van der Waals surface area contributed by atoms with Gasteiger partial charge in [0.15, 0.2) is 5.78 Å².